The number of rotatable bonds is 6. The maximum atomic E-state index is 13.2. The van der Waals surface area contributed by atoms with Gasteiger partial charge in [0, 0.05) is 70.5 Å². The topological polar surface area (TPSA) is 64.1 Å². The molecule has 0 aliphatic heterocycles. The number of anilines is 3. The molecule has 0 aliphatic rings. The van der Waals surface area contributed by atoms with E-state index in [0.29, 0.717) is 5.56 Å². The van der Waals surface area contributed by atoms with E-state index in [0.717, 1.165) is 17.1 Å². The number of carbonyl (C=O) groups is 2. The fourth-order valence-corrected chi connectivity index (χ4v) is 2.69. The second kappa shape index (κ2) is 7.47. The van der Waals surface area contributed by atoms with E-state index in [-0.39, 0.29) is 16.9 Å². The molecule has 0 bridgehead atoms. The Kier molecular flexibility index (Phi) is 5.55. The molecule has 2 aromatic rings. The molecule has 0 spiro atoms. The minimum absolute atomic E-state index is 0.00184. The normalized spacial score (nSPS) is 10.4. The van der Waals surface area contributed by atoms with Crippen LogP contribution >= 0.6 is 0 Å². The standard InChI is InChI=1S/C20H25N3O3/c1-21(2)13-7-9-15(20(25)26)17(11-13)19(24)16-10-8-14(22(3)4)12-18(16)23(5)6/h7-12H,1-6H3,(H,25,26). The summed E-state index contributed by atoms with van der Waals surface area (Å²) < 4.78 is 0. The van der Waals surface area contributed by atoms with Crippen LogP contribution in [0.5, 0.6) is 0 Å². The number of carboxylic acid groups (broad SMARTS) is 1. The molecule has 2 rings (SSSR count). The van der Waals surface area contributed by atoms with Crippen LogP contribution in [-0.4, -0.2) is 59.1 Å². The Labute approximate surface area is 154 Å². The van der Waals surface area contributed by atoms with E-state index in [2.05, 4.69) is 0 Å². The smallest absolute Gasteiger partial charge is 0.336 e. The van der Waals surface area contributed by atoms with Gasteiger partial charge in [-0.3, -0.25) is 4.79 Å². The SMILES string of the molecule is CN(C)c1ccc(C(=O)O)c(C(=O)c2ccc(N(C)C)cc2N(C)C)c1. The van der Waals surface area contributed by atoms with Gasteiger partial charge in [-0.05, 0) is 36.4 Å². The summed E-state index contributed by atoms with van der Waals surface area (Å²) in [6.45, 7) is 0. The summed E-state index contributed by atoms with van der Waals surface area (Å²) in [6.07, 6.45) is 0. The Morgan fingerprint density at radius 3 is 1.65 bits per heavy atom. The largest absolute Gasteiger partial charge is 0.478 e. The molecule has 138 valence electrons. The number of ketones is 1. The fourth-order valence-electron chi connectivity index (χ4n) is 2.69. The van der Waals surface area contributed by atoms with Crippen molar-refractivity contribution < 1.29 is 14.7 Å². The number of nitrogens with zero attached hydrogens (tertiary/aromatic N) is 3. The number of benzene rings is 2. The number of aromatic carboxylic acids is 1. The first-order chi connectivity index (χ1) is 12.1. The van der Waals surface area contributed by atoms with Crippen LogP contribution in [0.25, 0.3) is 0 Å². The summed E-state index contributed by atoms with van der Waals surface area (Å²) in [7, 11) is 11.3. The molecule has 26 heavy (non-hydrogen) atoms. The molecule has 6 nitrogen and oxygen atoms in total. The summed E-state index contributed by atoms with van der Waals surface area (Å²) in [5, 5.41) is 9.50. The third-order valence-corrected chi connectivity index (χ3v) is 4.22. The van der Waals surface area contributed by atoms with Crippen LogP contribution in [0, 0.1) is 0 Å². The summed E-state index contributed by atoms with van der Waals surface area (Å²) in [5.41, 5.74) is 3.14. The highest BCUT2D eigenvalue weighted by molar-refractivity contribution is 6.17. The molecule has 0 saturated heterocycles. The van der Waals surface area contributed by atoms with Crippen molar-refractivity contribution in [3.8, 4) is 0 Å². The highest BCUT2D eigenvalue weighted by atomic mass is 16.4. The lowest BCUT2D eigenvalue weighted by Crippen LogP contribution is -2.18. The van der Waals surface area contributed by atoms with Gasteiger partial charge in [-0.25, -0.2) is 4.79 Å². The van der Waals surface area contributed by atoms with E-state index in [1.165, 1.54) is 6.07 Å². The Hall–Kier alpha value is -3.02. The van der Waals surface area contributed by atoms with Crippen molar-refractivity contribution in [2.45, 2.75) is 0 Å². The molecule has 1 N–H and O–H groups in total. The third-order valence-electron chi connectivity index (χ3n) is 4.22. The third kappa shape index (κ3) is 3.79. The molecule has 0 unspecified atom stereocenters. The molecule has 0 radical (unpaired) electrons. The Balaban J connectivity index is 2.65. The summed E-state index contributed by atoms with van der Waals surface area (Å²) in [5.74, 6) is -1.42. The molecule has 6 heteroatoms. The highest BCUT2D eigenvalue weighted by Crippen LogP contribution is 2.29. The van der Waals surface area contributed by atoms with Gasteiger partial charge < -0.3 is 19.8 Å². The molecule has 0 amide bonds. The Bertz CT molecular complexity index is 842. The maximum absolute atomic E-state index is 13.2. The average Bonchev–Trinajstić information content (AvgIpc) is 2.59. The van der Waals surface area contributed by atoms with Gasteiger partial charge in [0.05, 0.1) is 5.56 Å². The summed E-state index contributed by atoms with van der Waals surface area (Å²) in [6, 6.07) is 10.3. The molecule has 0 aromatic heterocycles. The highest BCUT2D eigenvalue weighted by Gasteiger charge is 2.22. The van der Waals surface area contributed by atoms with Gasteiger partial charge in [-0.2, -0.15) is 0 Å². The van der Waals surface area contributed by atoms with Crippen molar-refractivity contribution in [2.75, 3.05) is 57.0 Å². The lowest BCUT2D eigenvalue weighted by Gasteiger charge is -2.21. The average molecular weight is 355 g/mol. The van der Waals surface area contributed by atoms with Crippen LogP contribution < -0.4 is 14.7 Å². The maximum Gasteiger partial charge on any atom is 0.336 e. The van der Waals surface area contributed by atoms with E-state index in [9.17, 15) is 14.7 Å². The first kappa shape index (κ1) is 19.3. The number of carboxylic acids is 1. The zero-order valence-electron chi connectivity index (χ0n) is 16.1. The molecule has 2 aromatic carbocycles. The van der Waals surface area contributed by atoms with Crippen LogP contribution in [-0.2, 0) is 0 Å². The predicted molar refractivity (Wildman–Crippen MR) is 106 cm³/mol. The second-order valence-corrected chi connectivity index (χ2v) is 6.75. The van der Waals surface area contributed by atoms with Crippen molar-refractivity contribution >= 4 is 28.8 Å². The molecule has 0 fully saturated rings. The van der Waals surface area contributed by atoms with Crippen LogP contribution in [0.4, 0.5) is 17.1 Å². The van der Waals surface area contributed by atoms with Gasteiger partial charge >= 0.3 is 5.97 Å². The number of hydrogen-bond donors (Lipinski definition) is 1. The van der Waals surface area contributed by atoms with Crippen molar-refractivity contribution in [3.05, 3.63) is 53.1 Å². The van der Waals surface area contributed by atoms with E-state index < -0.39 is 5.97 Å². The van der Waals surface area contributed by atoms with Gasteiger partial charge in [-0.15, -0.1) is 0 Å². The number of hydrogen-bond acceptors (Lipinski definition) is 5. The molecule has 0 atom stereocenters. The first-order valence-corrected chi connectivity index (χ1v) is 8.21. The second-order valence-electron chi connectivity index (χ2n) is 6.75. The minimum atomic E-state index is -1.12. The van der Waals surface area contributed by atoms with Crippen molar-refractivity contribution in [2.24, 2.45) is 0 Å². The molecule has 0 heterocycles. The van der Waals surface area contributed by atoms with Crippen LogP contribution in [0.15, 0.2) is 36.4 Å². The van der Waals surface area contributed by atoms with Crippen LogP contribution in [0.1, 0.15) is 26.3 Å². The van der Waals surface area contributed by atoms with Crippen molar-refractivity contribution in [3.63, 3.8) is 0 Å². The van der Waals surface area contributed by atoms with Gasteiger partial charge in [0.25, 0.3) is 0 Å². The van der Waals surface area contributed by atoms with Crippen LogP contribution in [0.3, 0.4) is 0 Å². The first-order valence-electron chi connectivity index (χ1n) is 8.21. The van der Waals surface area contributed by atoms with E-state index in [1.54, 1.807) is 18.2 Å². The molecular formula is C20H25N3O3. The predicted octanol–water partition coefficient (Wildman–Crippen LogP) is 2.81. The zero-order valence-corrected chi connectivity index (χ0v) is 16.1. The van der Waals surface area contributed by atoms with Crippen molar-refractivity contribution in [1.82, 2.24) is 0 Å². The lowest BCUT2D eigenvalue weighted by molar-refractivity contribution is 0.0693. The quantitative estimate of drug-likeness (QED) is 0.804. The van der Waals surface area contributed by atoms with Gasteiger partial charge in [-0.1, -0.05) is 0 Å². The van der Waals surface area contributed by atoms with E-state index in [4.69, 9.17) is 0 Å². The summed E-state index contributed by atoms with van der Waals surface area (Å²) in [4.78, 5) is 30.5. The molecule has 0 aliphatic carbocycles. The van der Waals surface area contributed by atoms with Crippen LogP contribution in [0.2, 0.25) is 0 Å². The fraction of sp³-hybridized carbons (Fsp3) is 0.300. The van der Waals surface area contributed by atoms with Crippen molar-refractivity contribution in [1.29, 1.82) is 0 Å². The van der Waals surface area contributed by atoms with E-state index in [1.807, 2.05) is 69.1 Å². The zero-order chi connectivity index (χ0) is 19.6. The molecule has 0 saturated carbocycles. The van der Waals surface area contributed by atoms with Gasteiger partial charge in [0.2, 0.25) is 0 Å². The number of carbonyl (C=O) groups excluding carboxylic acids is 1. The minimum Gasteiger partial charge on any atom is -0.478 e. The Morgan fingerprint density at radius 1 is 0.692 bits per heavy atom. The lowest BCUT2D eigenvalue weighted by atomic mass is 9.95. The van der Waals surface area contributed by atoms with Gasteiger partial charge in [0.1, 0.15) is 0 Å². The molecular weight excluding hydrogens is 330 g/mol. The van der Waals surface area contributed by atoms with Gasteiger partial charge in [0.15, 0.2) is 5.78 Å². The Morgan fingerprint density at radius 2 is 1.19 bits per heavy atom. The van der Waals surface area contributed by atoms with E-state index >= 15 is 0 Å². The summed E-state index contributed by atoms with van der Waals surface area (Å²) >= 11 is 0. The monoisotopic (exact) mass is 355 g/mol.